The molecule has 0 atom stereocenters. The number of hydrogen-bond acceptors (Lipinski definition) is 4. The molecule has 1 saturated carbocycles. The van der Waals surface area contributed by atoms with E-state index < -0.39 is 5.69 Å². The summed E-state index contributed by atoms with van der Waals surface area (Å²) < 4.78 is 1.26. The van der Waals surface area contributed by atoms with Gasteiger partial charge in [-0.15, -0.1) is 0 Å². The maximum atomic E-state index is 11.8. The van der Waals surface area contributed by atoms with Crippen LogP contribution >= 0.6 is 0 Å². The van der Waals surface area contributed by atoms with E-state index in [1.165, 1.54) is 17.0 Å². The van der Waals surface area contributed by atoms with Crippen LogP contribution in [0.3, 0.4) is 0 Å². The third-order valence-corrected chi connectivity index (χ3v) is 3.76. The fourth-order valence-electron chi connectivity index (χ4n) is 2.52. The van der Waals surface area contributed by atoms with Gasteiger partial charge in [0.2, 0.25) is 5.91 Å². The SMILES string of the molecule is O=C(Cn1cccnc1=O)NCC1(CO)CCCC1. The normalized spacial score (nSPS) is 17.3. The Morgan fingerprint density at radius 2 is 2.21 bits per heavy atom. The molecule has 0 spiro atoms. The zero-order valence-electron chi connectivity index (χ0n) is 10.8. The molecule has 104 valence electrons. The molecule has 0 aromatic carbocycles. The van der Waals surface area contributed by atoms with Gasteiger partial charge in [0, 0.05) is 24.4 Å². The molecular formula is C13H19N3O3. The first-order chi connectivity index (χ1) is 9.15. The number of nitrogens with one attached hydrogen (secondary N) is 1. The highest BCUT2D eigenvalue weighted by Gasteiger charge is 2.33. The van der Waals surface area contributed by atoms with Gasteiger partial charge in [-0.2, -0.15) is 0 Å². The van der Waals surface area contributed by atoms with Gasteiger partial charge in [-0.1, -0.05) is 12.8 Å². The van der Waals surface area contributed by atoms with Gasteiger partial charge in [-0.05, 0) is 18.9 Å². The summed E-state index contributed by atoms with van der Waals surface area (Å²) in [7, 11) is 0. The molecule has 1 aromatic rings. The van der Waals surface area contributed by atoms with Crippen LogP contribution in [0.2, 0.25) is 0 Å². The lowest BCUT2D eigenvalue weighted by Crippen LogP contribution is -2.40. The zero-order chi connectivity index (χ0) is 13.7. The van der Waals surface area contributed by atoms with E-state index in [0.29, 0.717) is 6.54 Å². The summed E-state index contributed by atoms with van der Waals surface area (Å²) in [5.74, 6) is -0.227. The van der Waals surface area contributed by atoms with Crippen LogP contribution in [0.15, 0.2) is 23.3 Å². The highest BCUT2D eigenvalue weighted by Crippen LogP contribution is 2.36. The summed E-state index contributed by atoms with van der Waals surface area (Å²) in [5, 5.41) is 12.3. The second-order valence-corrected chi connectivity index (χ2v) is 5.17. The second kappa shape index (κ2) is 5.97. The van der Waals surface area contributed by atoms with E-state index in [1.54, 1.807) is 6.07 Å². The summed E-state index contributed by atoms with van der Waals surface area (Å²) in [6, 6.07) is 1.61. The standard InChI is InChI=1S/C13H19N3O3/c17-10-13(4-1-2-5-13)9-15-11(18)8-16-7-3-6-14-12(16)19/h3,6-7,17H,1-2,4-5,8-10H2,(H,15,18). The van der Waals surface area contributed by atoms with Crippen LogP contribution < -0.4 is 11.0 Å². The minimum Gasteiger partial charge on any atom is -0.396 e. The summed E-state index contributed by atoms with van der Waals surface area (Å²) >= 11 is 0. The van der Waals surface area contributed by atoms with Crippen molar-refractivity contribution in [3.8, 4) is 0 Å². The molecule has 1 fully saturated rings. The first-order valence-electron chi connectivity index (χ1n) is 6.54. The highest BCUT2D eigenvalue weighted by atomic mass is 16.3. The van der Waals surface area contributed by atoms with Crippen molar-refractivity contribution in [1.82, 2.24) is 14.9 Å². The minimum atomic E-state index is -0.435. The molecule has 0 aliphatic heterocycles. The zero-order valence-corrected chi connectivity index (χ0v) is 10.8. The van der Waals surface area contributed by atoms with Gasteiger partial charge in [-0.25, -0.2) is 9.78 Å². The number of aliphatic hydroxyl groups excluding tert-OH is 1. The smallest absolute Gasteiger partial charge is 0.347 e. The Bertz CT molecular complexity index is 492. The van der Waals surface area contributed by atoms with Gasteiger partial charge in [0.05, 0.1) is 6.61 Å². The Hall–Kier alpha value is -1.69. The van der Waals surface area contributed by atoms with E-state index in [1.807, 2.05) is 0 Å². The van der Waals surface area contributed by atoms with Crippen molar-refractivity contribution in [1.29, 1.82) is 0 Å². The van der Waals surface area contributed by atoms with Crippen molar-refractivity contribution in [3.63, 3.8) is 0 Å². The predicted octanol–water partition coefficient (Wildman–Crippen LogP) is -0.0878. The maximum absolute atomic E-state index is 11.8. The van der Waals surface area contributed by atoms with Crippen LogP contribution in [0.1, 0.15) is 25.7 Å². The number of rotatable bonds is 5. The molecule has 1 heterocycles. The molecule has 0 radical (unpaired) electrons. The molecule has 1 aliphatic rings. The third-order valence-electron chi connectivity index (χ3n) is 3.76. The van der Waals surface area contributed by atoms with Crippen LogP contribution in [-0.4, -0.2) is 33.7 Å². The number of carbonyl (C=O) groups is 1. The molecule has 2 N–H and O–H groups in total. The number of aromatic nitrogens is 2. The maximum Gasteiger partial charge on any atom is 0.347 e. The van der Waals surface area contributed by atoms with Gasteiger partial charge < -0.3 is 10.4 Å². The van der Waals surface area contributed by atoms with Crippen LogP contribution in [0.4, 0.5) is 0 Å². The lowest BCUT2D eigenvalue weighted by Gasteiger charge is -2.26. The van der Waals surface area contributed by atoms with E-state index in [0.717, 1.165) is 25.7 Å². The van der Waals surface area contributed by atoms with Crippen molar-refractivity contribution in [2.24, 2.45) is 5.41 Å². The van der Waals surface area contributed by atoms with Crippen LogP contribution in [0, 0.1) is 5.41 Å². The number of amides is 1. The molecule has 19 heavy (non-hydrogen) atoms. The van der Waals surface area contributed by atoms with Crippen molar-refractivity contribution in [2.75, 3.05) is 13.2 Å². The predicted molar refractivity (Wildman–Crippen MR) is 69.5 cm³/mol. The summed E-state index contributed by atoms with van der Waals surface area (Å²) in [6.07, 6.45) is 7.01. The van der Waals surface area contributed by atoms with Gasteiger partial charge in [0.1, 0.15) is 6.54 Å². The van der Waals surface area contributed by atoms with Crippen molar-refractivity contribution >= 4 is 5.91 Å². The van der Waals surface area contributed by atoms with E-state index in [2.05, 4.69) is 10.3 Å². The summed E-state index contributed by atoms with van der Waals surface area (Å²) in [4.78, 5) is 26.8. The quantitative estimate of drug-likeness (QED) is 0.779. The number of carbonyl (C=O) groups excluding carboxylic acids is 1. The first kappa shape index (κ1) is 13.7. The Morgan fingerprint density at radius 1 is 1.47 bits per heavy atom. The van der Waals surface area contributed by atoms with E-state index in [-0.39, 0.29) is 24.5 Å². The molecule has 2 rings (SSSR count). The number of nitrogens with zero attached hydrogens (tertiary/aromatic N) is 2. The molecule has 1 amide bonds. The number of hydrogen-bond donors (Lipinski definition) is 2. The molecule has 6 heteroatoms. The third kappa shape index (κ3) is 3.41. The minimum absolute atomic E-state index is 0.0335. The Labute approximate surface area is 111 Å². The Kier molecular flexibility index (Phi) is 4.31. The molecule has 1 aliphatic carbocycles. The summed E-state index contributed by atoms with van der Waals surface area (Å²) in [5.41, 5.74) is -0.606. The average Bonchev–Trinajstić information content (AvgIpc) is 2.89. The molecule has 6 nitrogen and oxygen atoms in total. The topological polar surface area (TPSA) is 84.2 Å². The highest BCUT2D eigenvalue weighted by molar-refractivity contribution is 5.75. The average molecular weight is 265 g/mol. The van der Waals surface area contributed by atoms with Gasteiger partial charge in [-0.3, -0.25) is 9.36 Å². The van der Waals surface area contributed by atoms with E-state index in [9.17, 15) is 14.7 Å². The molecule has 0 unspecified atom stereocenters. The number of aliphatic hydroxyl groups is 1. The molecular weight excluding hydrogens is 246 g/mol. The molecule has 0 bridgehead atoms. The van der Waals surface area contributed by atoms with Crippen LogP contribution in [-0.2, 0) is 11.3 Å². The Balaban J connectivity index is 1.88. The van der Waals surface area contributed by atoms with E-state index >= 15 is 0 Å². The second-order valence-electron chi connectivity index (χ2n) is 5.17. The van der Waals surface area contributed by atoms with Crippen molar-refractivity contribution in [3.05, 3.63) is 28.9 Å². The summed E-state index contributed by atoms with van der Waals surface area (Å²) in [6.45, 7) is 0.533. The largest absolute Gasteiger partial charge is 0.396 e. The lowest BCUT2D eigenvalue weighted by molar-refractivity contribution is -0.122. The van der Waals surface area contributed by atoms with Crippen LogP contribution in [0.5, 0.6) is 0 Å². The van der Waals surface area contributed by atoms with Gasteiger partial charge in [0.15, 0.2) is 0 Å². The fraction of sp³-hybridized carbons (Fsp3) is 0.615. The fourth-order valence-corrected chi connectivity index (χ4v) is 2.52. The van der Waals surface area contributed by atoms with Gasteiger partial charge in [0.25, 0.3) is 0 Å². The van der Waals surface area contributed by atoms with Crippen LogP contribution in [0.25, 0.3) is 0 Å². The van der Waals surface area contributed by atoms with Gasteiger partial charge >= 0.3 is 5.69 Å². The molecule has 0 saturated heterocycles. The lowest BCUT2D eigenvalue weighted by atomic mass is 9.87. The molecule has 1 aromatic heterocycles. The Morgan fingerprint density at radius 3 is 2.84 bits per heavy atom. The van der Waals surface area contributed by atoms with Crippen molar-refractivity contribution in [2.45, 2.75) is 32.2 Å². The first-order valence-corrected chi connectivity index (χ1v) is 6.54. The monoisotopic (exact) mass is 265 g/mol. The van der Waals surface area contributed by atoms with E-state index in [4.69, 9.17) is 0 Å². The van der Waals surface area contributed by atoms with Crippen molar-refractivity contribution < 1.29 is 9.90 Å².